The molecule has 146 valence electrons. The van der Waals surface area contributed by atoms with Crippen molar-refractivity contribution >= 4 is 34.3 Å². The van der Waals surface area contributed by atoms with Gasteiger partial charge in [-0.15, -0.1) is 22.7 Å². The second-order valence-corrected chi connectivity index (χ2v) is 8.17. The van der Waals surface area contributed by atoms with Gasteiger partial charge in [-0.3, -0.25) is 4.79 Å². The van der Waals surface area contributed by atoms with Crippen molar-refractivity contribution in [2.45, 2.75) is 0 Å². The van der Waals surface area contributed by atoms with Crippen LogP contribution in [0.15, 0.2) is 83.9 Å². The van der Waals surface area contributed by atoms with E-state index in [4.69, 9.17) is 0 Å². The highest BCUT2D eigenvalue weighted by molar-refractivity contribution is 7.13. The van der Waals surface area contributed by atoms with E-state index >= 15 is 0 Å². The molecule has 30 heavy (non-hydrogen) atoms. The second kappa shape index (κ2) is 8.02. The van der Waals surface area contributed by atoms with E-state index < -0.39 is 0 Å². The average molecular weight is 430 g/mol. The molecule has 2 aromatic carbocycles. The summed E-state index contributed by atoms with van der Waals surface area (Å²) in [6.07, 6.45) is 5.43. The summed E-state index contributed by atoms with van der Waals surface area (Å²) in [5, 5.41) is 12.7. The molecule has 6 nitrogen and oxygen atoms in total. The Bertz CT molecular complexity index is 1290. The molecule has 0 radical (unpaired) electrons. The number of aromatic nitrogens is 4. The molecule has 1 amide bonds. The van der Waals surface area contributed by atoms with Crippen LogP contribution in [0.25, 0.3) is 26.8 Å². The molecule has 1 N–H and O–H groups in total. The average Bonchev–Trinajstić information content (AvgIpc) is 3.56. The van der Waals surface area contributed by atoms with Crippen LogP contribution in [0.4, 0.5) is 5.69 Å². The lowest BCUT2D eigenvalue weighted by molar-refractivity contribution is 0.102. The molecule has 0 aliphatic carbocycles. The summed E-state index contributed by atoms with van der Waals surface area (Å²) < 4.78 is 1.79. The van der Waals surface area contributed by atoms with Gasteiger partial charge in [-0.2, -0.15) is 5.10 Å². The van der Waals surface area contributed by atoms with Gasteiger partial charge in [0.15, 0.2) is 0 Å². The molecule has 0 atom stereocenters. The zero-order valence-corrected chi connectivity index (χ0v) is 17.2. The van der Waals surface area contributed by atoms with E-state index in [0.29, 0.717) is 11.4 Å². The highest BCUT2D eigenvalue weighted by Gasteiger charge is 2.14. The standard InChI is InChI=1S/C22H15N5OS2/c28-20(25-17-6-4-5-15(11-17)21-23-9-10-29-21)19-14-30-22(26-19)16-12-24-27(13-16)18-7-2-1-3-8-18/h1-14H,(H,25,28). The number of hydrogen-bond acceptors (Lipinski definition) is 6. The highest BCUT2D eigenvalue weighted by atomic mass is 32.1. The van der Waals surface area contributed by atoms with E-state index in [-0.39, 0.29) is 5.91 Å². The van der Waals surface area contributed by atoms with Crippen molar-refractivity contribution in [3.63, 3.8) is 0 Å². The summed E-state index contributed by atoms with van der Waals surface area (Å²) >= 11 is 2.98. The maximum absolute atomic E-state index is 12.7. The fourth-order valence-corrected chi connectivity index (χ4v) is 4.37. The van der Waals surface area contributed by atoms with Gasteiger partial charge in [0, 0.05) is 40.0 Å². The Hall–Kier alpha value is -3.62. The number of amides is 1. The van der Waals surface area contributed by atoms with Crippen molar-refractivity contribution in [1.29, 1.82) is 0 Å². The molecule has 0 spiro atoms. The fourth-order valence-electron chi connectivity index (χ4n) is 2.96. The normalized spacial score (nSPS) is 10.8. The summed E-state index contributed by atoms with van der Waals surface area (Å²) in [7, 11) is 0. The smallest absolute Gasteiger partial charge is 0.275 e. The summed E-state index contributed by atoms with van der Waals surface area (Å²) in [4.78, 5) is 21.5. The summed E-state index contributed by atoms with van der Waals surface area (Å²) in [6, 6.07) is 17.5. The van der Waals surface area contributed by atoms with E-state index in [1.165, 1.54) is 11.3 Å². The zero-order valence-electron chi connectivity index (χ0n) is 15.6. The third-order valence-corrected chi connectivity index (χ3v) is 6.10. The second-order valence-electron chi connectivity index (χ2n) is 6.42. The van der Waals surface area contributed by atoms with Crippen molar-refractivity contribution in [2.75, 3.05) is 5.32 Å². The van der Waals surface area contributed by atoms with Crippen LogP contribution >= 0.6 is 22.7 Å². The van der Waals surface area contributed by atoms with Crippen LogP contribution in [0.2, 0.25) is 0 Å². The number of para-hydroxylation sites is 1. The van der Waals surface area contributed by atoms with Crippen molar-refractivity contribution < 1.29 is 4.79 Å². The van der Waals surface area contributed by atoms with Crippen LogP contribution in [0, 0.1) is 0 Å². The van der Waals surface area contributed by atoms with Crippen molar-refractivity contribution in [3.8, 4) is 26.8 Å². The number of anilines is 1. The quantitative estimate of drug-likeness (QED) is 0.408. The minimum Gasteiger partial charge on any atom is -0.321 e. The number of rotatable bonds is 5. The van der Waals surface area contributed by atoms with E-state index in [9.17, 15) is 4.79 Å². The number of carbonyl (C=O) groups is 1. The van der Waals surface area contributed by atoms with Gasteiger partial charge in [0.25, 0.3) is 5.91 Å². The number of hydrogen-bond donors (Lipinski definition) is 1. The molecule has 0 saturated heterocycles. The van der Waals surface area contributed by atoms with E-state index in [2.05, 4.69) is 20.4 Å². The first-order valence-corrected chi connectivity index (χ1v) is 10.9. The SMILES string of the molecule is O=C(Nc1cccc(-c2nccs2)c1)c1csc(-c2cnn(-c3ccccc3)c2)n1. The van der Waals surface area contributed by atoms with Crippen molar-refractivity contribution in [2.24, 2.45) is 0 Å². The number of benzene rings is 2. The van der Waals surface area contributed by atoms with Crippen LogP contribution < -0.4 is 5.32 Å². The highest BCUT2D eigenvalue weighted by Crippen LogP contribution is 2.26. The number of nitrogens with zero attached hydrogens (tertiary/aromatic N) is 4. The predicted octanol–water partition coefficient (Wildman–Crippen LogP) is 5.37. The number of carbonyl (C=O) groups excluding carboxylic acids is 1. The Kier molecular flexibility index (Phi) is 4.92. The lowest BCUT2D eigenvalue weighted by Gasteiger charge is -2.05. The molecule has 0 aliphatic rings. The van der Waals surface area contributed by atoms with Gasteiger partial charge < -0.3 is 5.32 Å². The topological polar surface area (TPSA) is 72.7 Å². The molecule has 5 rings (SSSR count). The van der Waals surface area contributed by atoms with Crippen LogP contribution in [0.3, 0.4) is 0 Å². The summed E-state index contributed by atoms with van der Waals surface area (Å²) in [5.41, 5.74) is 3.89. The van der Waals surface area contributed by atoms with E-state index in [0.717, 1.165) is 26.8 Å². The molecule has 3 aromatic heterocycles. The third kappa shape index (κ3) is 3.78. The molecule has 8 heteroatoms. The molecular formula is C22H15N5OS2. The first-order chi connectivity index (χ1) is 14.8. The molecule has 0 saturated carbocycles. The third-order valence-electron chi connectivity index (χ3n) is 4.39. The Balaban J connectivity index is 1.33. The van der Waals surface area contributed by atoms with Gasteiger partial charge in [0.05, 0.1) is 11.9 Å². The van der Waals surface area contributed by atoms with Gasteiger partial charge in [0.1, 0.15) is 15.7 Å². The lowest BCUT2D eigenvalue weighted by Crippen LogP contribution is -2.12. The Morgan fingerprint density at radius 3 is 2.70 bits per heavy atom. The Morgan fingerprint density at radius 2 is 1.87 bits per heavy atom. The molecule has 0 unspecified atom stereocenters. The molecule has 5 aromatic rings. The largest absolute Gasteiger partial charge is 0.321 e. The maximum atomic E-state index is 12.7. The fraction of sp³-hybridized carbons (Fsp3) is 0. The molecule has 3 heterocycles. The van der Waals surface area contributed by atoms with E-state index in [1.807, 2.05) is 66.2 Å². The molecule has 0 fully saturated rings. The van der Waals surface area contributed by atoms with Crippen LogP contribution in [-0.2, 0) is 0 Å². The summed E-state index contributed by atoms with van der Waals surface area (Å²) in [6.45, 7) is 0. The van der Waals surface area contributed by atoms with Crippen molar-refractivity contribution in [1.82, 2.24) is 19.7 Å². The van der Waals surface area contributed by atoms with Gasteiger partial charge in [0.2, 0.25) is 0 Å². The van der Waals surface area contributed by atoms with Crippen LogP contribution in [-0.4, -0.2) is 25.7 Å². The molecule has 0 aliphatic heterocycles. The molecular weight excluding hydrogens is 414 g/mol. The number of nitrogens with one attached hydrogen (secondary N) is 1. The first-order valence-electron chi connectivity index (χ1n) is 9.13. The van der Waals surface area contributed by atoms with Crippen molar-refractivity contribution in [3.05, 3.63) is 89.6 Å². The first kappa shape index (κ1) is 18.4. The predicted molar refractivity (Wildman–Crippen MR) is 120 cm³/mol. The van der Waals surface area contributed by atoms with E-state index in [1.54, 1.807) is 33.8 Å². The monoisotopic (exact) mass is 429 g/mol. The summed E-state index contributed by atoms with van der Waals surface area (Å²) in [5.74, 6) is -0.246. The minimum absolute atomic E-state index is 0.246. The Labute approximate surface area is 180 Å². The Morgan fingerprint density at radius 1 is 0.967 bits per heavy atom. The van der Waals surface area contributed by atoms with Crippen LogP contribution in [0.1, 0.15) is 10.5 Å². The zero-order chi connectivity index (χ0) is 20.3. The van der Waals surface area contributed by atoms with Gasteiger partial charge in [-0.1, -0.05) is 30.3 Å². The lowest BCUT2D eigenvalue weighted by atomic mass is 10.2. The van der Waals surface area contributed by atoms with Gasteiger partial charge in [-0.25, -0.2) is 14.6 Å². The number of thiazole rings is 2. The van der Waals surface area contributed by atoms with Gasteiger partial charge >= 0.3 is 0 Å². The minimum atomic E-state index is -0.246. The van der Waals surface area contributed by atoms with Gasteiger partial charge in [-0.05, 0) is 24.3 Å². The van der Waals surface area contributed by atoms with Crippen LogP contribution in [0.5, 0.6) is 0 Å². The molecule has 0 bridgehead atoms. The maximum Gasteiger partial charge on any atom is 0.275 e.